The molecule has 5 nitrogen and oxygen atoms in total. The fourth-order valence-corrected chi connectivity index (χ4v) is 3.27. The molecule has 0 spiro atoms. The first-order valence-electron chi connectivity index (χ1n) is 8.33. The number of thiazole rings is 1. The zero-order valence-electron chi connectivity index (χ0n) is 15.1. The third-order valence-corrected chi connectivity index (χ3v) is 5.13. The van der Waals surface area contributed by atoms with E-state index in [-0.39, 0.29) is 0 Å². The zero-order valence-corrected chi connectivity index (χ0v) is 16.0. The van der Waals surface area contributed by atoms with E-state index in [4.69, 9.17) is 9.72 Å². The van der Waals surface area contributed by atoms with Crippen LogP contribution in [-0.2, 0) is 20.2 Å². The van der Waals surface area contributed by atoms with Gasteiger partial charge in [0.05, 0.1) is 11.9 Å². The highest BCUT2D eigenvalue weighted by Gasteiger charge is 2.15. The minimum Gasteiger partial charge on any atom is -0.486 e. The Morgan fingerprint density at radius 3 is 2.72 bits per heavy atom. The van der Waals surface area contributed by atoms with Gasteiger partial charge in [-0.3, -0.25) is 9.58 Å². The number of rotatable bonds is 7. The minimum atomic E-state index is 0.294. The van der Waals surface area contributed by atoms with Crippen LogP contribution in [-0.4, -0.2) is 26.7 Å². The molecule has 132 valence electrons. The predicted molar refractivity (Wildman–Crippen MR) is 101 cm³/mol. The van der Waals surface area contributed by atoms with Gasteiger partial charge in [0.15, 0.2) is 0 Å². The molecular weight excluding hydrogens is 332 g/mol. The molecule has 0 aliphatic rings. The van der Waals surface area contributed by atoms with E-state index in [0.29, 0.717) is 12.6 Å². The molecule has 1 atom stereocenters. The lowest BCUT2D eigenvalue weighted by Gasteiger charge is -2.22. The van der Waals surface area contributed by atoms with Gasteiger partial charge in [0.1, 0.15) is 17.4 Å². The number of hydrogen-bond acceptors (Lipinski definition) is 5. The SMILES string of the molecule is Cc1ccc(OCc2nc(CN(C)C(C)c3cnn(C)c3)cs2)cc1. The second-order valence-corrected chi connectivity index (χ2v) is 7.32. The highest BCUT2D eigenvalue weighted by molar-refractivity contribution is 7.09. The lowest BCUT2D eigenvalue weighted by atomic mass is 10.1. The average Bonchev–Trinajstić information content (AvgIpc) is 3.22. The van der Waals surface area contributed by atoms with Crippen molar-refractivity contribution >= 4 is 11.3 Å². The summed E-state index contributed by atoms with van der Waals surface area (Å²) in [6, 6.07) is 8.39. The molecule has 0 aliphatic heterocycles. The molecule has 0 fully saturated rings. The molecule has 6 heteroatoms. The number of benzene rings is 1. The summed E-state index contributed by atoms with van der Waals surface area (Å²) >= 11 is 1.65. The fraction of sp³-hybridized carbons (Fsp3) is 0.368. The Kier molecular flexibility index (Phi) is 5.50. The molecule has 25 heavy (non-hydrogen) atoms. The second-order valence-electron chi connectivity index (χ2n) is 6.37. The van der Waals surface area contributed by atoms with E-state index in [1.165, 1.54) is 11.1 Å². The zero-order chi connectivity index (χ0) is 17.8. The lowest BCUT2D eigenvalue weighted by Crippen LogP contribution is -2.21. The van der Waals surface area contributed by atoms with Crippen molar-refractivity contribution in [2.45, 2.75) is 33.0 Å². The van der Waals surface area contributed by atoms with Gasteiger partial charge in [-0.15, -0.1) is 11.3 Å². The first-order chi connectivity index (χ1) is 12.0. The normalized spacial score (nSPS) is 12.5. The molecule has 0 saturated carbocycles. The predicted octanol–water partition coefficient (Wildman–Crippen LogP) is 3.96. The fourth-order valence-electron chi connectivity index (χ4n) is 2.57. The van der Waals surface area contributed by atoms with Crippen LogP contribution in [0, 0.1) is 6.92 Å². The molecule has 3 rings (SSSR count). The summed E-state index contributed by atoms with van der Waals surface area (Å²) in [7, 11) is 4.05. The molecule has 0 saturated heterocycles. The van der Waals surface area contributed by atoms with Gasteiger partial charge < -0.3 is 4.74 Å². The maximum absolute atomic E-state index is 5.81. The van der Waals surface area contributed by atoms with Gasteiger partial charge in [0.25, 0.3) is 0 Å². The van der Waals surface area contributed by atoms with E-state index in [1.54, 1.807) is 11.3 Å². The Hall–Kier alpha value is -2.18. The molecule has 3 aromatic rings. The Bertz CT molecular complexity index is 809. The van der Waals surface area contributed by atoms with Crippen molar-refractivity contribution < 1.29 is 4.74 Å². The summed E-state index contributed by atoms with van der Waals surface area (Å²) in [4.78, 5) is 6.97. The molecule has 2 aromatic heterocycles. The molecule has 1 aromatic carbocycles. The summed E-state index contributed by atoms with van der Waals surface area (Å²) < 4.78 is 7.64. The molecule has 0 amide bonds. The number of aromatic nitrogens is 3. The Morgan fingerprint density at radius 2 is 2.04 bits per heavy atom. The van der Waals surface area contributed by atoms with E-state index in [2.05, 4.69) is 54.6 Å². The molecule has 0 N–H and O–H groups in total. The van der Waals surface area contributed by atoms with Gasteiger partial charge >= 0.3 is 0 Å². The Labute approximate surface area is 152 Å². The van der Waals surface area contributed by atoms with E-state index >= 15 is 0 Å². The van der Waals surface area contributed by atoms with Crippen LogP contribution in [0.1, 0.15) is 34.8 Å². The van der Waals surface area contributed by atoms with E-state index in [0.717, 1.165) is 23.0 Å². The van der Waals surface area contributed by atoms with Crippen LogP contribution in [0.4, 0.5) is 0 Å². The van der Waals surface area contributed by atoms with Crippen LogP contribution in [0.15, 0.2) is 42.0 Å². The lowest BCUT2D eigenvalue weighted by molar-refractivity contribution is 0.249. The standard InChI is InChI=1S/C19H24N4OS/c1-14-5-7-18(8-6-14)24-12-19-21-17(13-25-19)11-22(3)15(2)16-9-20-23(4)10-16/h5-10,13,15H,11-12H2,1-4H3. The van der Waals surface area contributed by atoms with Crippen LogP contribution in [0.5, 0.6) is 5.75 Å². The number of nitrogens with zero attached hydrogens (tertiary/aromatic N) is 4. The maximum Gasteiger partial charge on any atom is 0.140 e. The van der Waals surface area contributed by atoms with Crippen molar-refractivity contribution in [2.75, 3.05) is 7.05 Å². The first-order valence-corrected chi connectivity index (χ1v) is 9.21. The molecule has 0 radical (unpaired) electrons. The highest BCUT2D eigenvalue weighted by atomic mass is 32.1. The van der Waals surface area contributed by atoms with Crippen molar-refractivity contribution in [3.63, 3.8) is 0 Å². The smallest absolute Gasteiger partial charge is 0.140 e. The summed E-state index contributed by atoms with van der Waals surface area (Å²) in [5.41, 5.74) is 3.52. The summed E-state index contributed by atoms with van der Waals surface area (Å²) in [6.45, 7) is 5.57. The van der Waals surface area contributed by atoms with Gasteiger partial charge in [-0.25, -0.2) is 4.98 Å². The van der Waals surface area contributed by atoms with Crippen molar-refractivity contribution in [1.29, 1.82) is 0 Å². The van der Waals surface area contributed by atoms with Crippen molar-refractivity contribution in [2.24, 2.45) is 7.05 Å². The summed E-state index contributed by atoms with van der Waals surface area (Å²) in [6.07, 6.45) is 3.98. The number of ether oxygens (including phenoxy) is 1. The first kappa shape index (κ1) is 17.6. The summed E-state index contributed by atoms with van der Waals surface area (Å²) in [5, 5.41) is 7.36. The van der Waals surface area contributed by atoms with Gasteiger partial charge in [0.2, 0.25) is 0 Å². The second kappa shape index (κ2) is 7.80. The quantitative estimate of drug-likeness (QED) is 0.643. The third-order valence-electron chi connectivity index (χ3n) is 4.26. The highest BCUT2D eigenvalue weighted by Crippen LogP contribution is 2.21. The molecule has 1 unspecified atom stereocenters. The van der Waals surface area contributed by atoms with Crippen LogP contribution in [0.3, 0.4) is 0 Å². The van der Waals surface area contributed by atoms with Crippen LogP contribution < -0.4 is 4.74 Å². The number of hydrogen-bond donors (Lipinski definition) is 0. The Balaban J connectivity index is 1.54. The van der Waals surface area contributed by atoms with Crippen molar-refractivity contribution in [1.82, 2.24) is 19.7 Å². The van der Waals surface area contributed by atoms with E-state index in [1.807, 2.05) is 30.1 Å². The van der Waals surface area contributed by atoms with Crippen LogP contribution in [0.25, 0.3) is 0 Å². The van der Waals surface area contributed by atoms with E-state index in [9.17, 15) is 0 Å². The largest absolute Gasteiger partial charge is 0.486 e. The molecule has 2 heterocycles. The topological polar surface area (TPSA) is 43.2 Å². The molecule has 0 bridgehead atoms. The number of aryl methyl sites for hydroxylation is 2. The van der Waals surface area contributed by atoms with Crippen molar-refractivity contribution in [3.8, 4) is 5.75 Å². The van der Waals surface area contributed by atoms with Crippen LogP contribution >= 0.6 is 11.3 Å². The van der Waals surface area contributed by atoms with Crippen LogP contribution in [0.2, 0.25) is 0 Å². The minimum absolute atomic E-state index is 0.294. The van der Waals surface area contributed by atoms with Gasteiger partial charge in [-0.1, -0.05) is 17.7 Å². The maximum atomic E-state index is 5.81. The van der Waals surface area contributed by atoms with Gasteiger partial charge in [0, 0.05) is 36.8 Å². The Morgan fingerprint density at radius 1 is 1.28 bits per heavy atom. The third kappa shape index (κ3) is 4.67. The average molecular weight is 356 g/mol. The molecule has 0 aliphatic carbocycles. The van der Waals surface area contributed by atoms with Gasteiger partial charge in [-0.2, -0.15) is 5.10 Å². The monoisotopic (exact) mass is 356 g/mol. The summed E-state index contributed by atoms with van der Waals surface area (Å²) in [5.74, 6) is 0.879. The van der Waals surface area contributed by atoms with Gasteiger partial charge in [-0.05, 0) is 33.0 Å². The molecular formula is C19H24N4OS. The van der Waals surface area contributed by atoms with E-state index < -0.39 is 0 Å². The van der Waals surface area contributed by atoms with Crippen molar-refractivity contribution in [3.05, 3.63) is 63.9 Å².